The van der Waals surface area contributed by atoms with Crippen LogP contribution in [-0.4, -0.2) is 43.0 Å². The fraction of sp³-hybridized carbons (Fsp3) is 0.259. The van der Waals surface area contributed by atoms with Gasteiger partial charge in [0.25, 0.3) is 0 Å². The molecule has 0 bridgehead atoms. The summed E-state index contributed by atoms with van der Waals surface area (Å²) in [5.74, 6) is -1.83. The minimum atomic E-state index is -0.650. The molecule has 2 atom stereocenters. The van der Waals surface area contributed by atoms with Gasteiger partial charge in [-0.1, -0.05) is 66.2 Å². The van der Waals surface area contributed by atoms with E-state index in [-0.39, 0.29) is 47.9 Å². The first-order valence-corrected chi connectivity index (χ1v) is 11.7. The molecular formula is C27H24ClFN2O3. The largest absolute Gasteiger partial charge is 0.448 e. The van der Waals surface area contributed by atoms with Gasteiger partial charge in [-0.25, -0.2) is 9.18 Å². The molecule has 7 heteroatoms. The molecule has 0 aromatic heterocycles. The summed E-state index contributed by atoms with van der Waals surface area (Å²) >= 11 is 6.03. The van der Waals surface area contributed by atoms with Crippen LogP contribution in [0.15, 0.2) is 66.7 Å². The topological polar surface area (TPSA) is 72.6 Å². The Morgan fingerprint density at radius 2 is 1.62 bits per heavy atom. The van der Waals surface area contributed by atoms with Crippen molar-refractivity contribution in [2.75, 3.05) is 26.2 Å². The van der Waals surface area contributed by atoms with Crippen molar-refractivity contribution in [3.8, 4) is 11.1 Å². The fourth-order valence-corrected chi connectivity index (χ4v) is 5.35. The Labute approximate surface area is 202 Å². The highest BCUT2D eigenvalue weighted by Gasteiger charge is 2.41. The average molecular weight is 479 g/mol. The standard InChI is InChI=1S/C27H24ClFN2O3/c28-25-21(10-5-11-24(25)29)26(32)22-14-31(13-16(22)12-30)27(33)34-15-23-19-8-3-1-6-17(19)18-7-2-4-9-20(18)23/h1-11,16,22-23H,12-15,30H2. The summed E-state index contributed by atoms with van der Waals surface area (Å²) in [6.45, 7) is 0.877. The van der Waals surface area contributed by atoms with Crippen molar-refractivity contribution in [2.24, 2.45) is 17.6 Å². The first-order chi connectivity index (χ1) is 16.5. The molecule has 1 amide bonds. The maximum Gasteiger partial charge on any atom is 0.409 e. The van der Waals surface area contributed by atoms with Crippen LogP contribution < -0.4 is 5.73 Å². The molecule has 1 aliphatic carbocycles. The molecule has 3 aromatic rings. The van der Waals surface area contributed by atoms with Gasteiger partial charge >= 0.3 is 6.09 Å². The van der Waals surface area contributed by atoms with E-state index in [9.17, 15) is 14.0 Å². The number of halogens is 2. The zero-order chi connectivity index (χ0) is 23.8. The lowest BCUT2D eigenvalue weighted by Crippen LogP contribution is -2.31. The summed E-state index contributed by atoms with van der Waals surface area (Å²) in [5, 5.41) is -0.206. The zero-order valence-electron chi connectivity index (χ0n) is 18.4. The number of amides is 1. The number of fused-ring (bicyclic) bond motifs is 3. The van der Waals surface area contributed by atoms with Crippen LogP contribution in [0.25, 0.3) is 11.1 Å². The Hall–Kier alpha value is -3.22. The number of rotatable bonds is 5. The van der Waals surface area contributed by atoms with Gasteiger partial charge < -0.3 is 15.4 Å². The van der Waals surface area contributed by atoms with Crippen LogP contribution in [0, 0.1) is 17.7 Å². The number of benzene rings is 3. The Morgan fingerprint density at radius 1 is 0.971 bits per heavy atom. The van der Waals surface area contributed by atoms with E-state index in [4.69, 9.17) is 22.1 Å². The molecule has 1 aliphatic heterocycles. The number of ketones is 1. The maximum absolute atomic E-state index is 13.9. The monoisotopic (exact) mass is 478 g/mol. The van der Waals surface area contributed by atoms with E-state index in [0.29, 0.717) is 6.54 Å². The van der Waals surface area contributed by atoms with Crippen LogP contribution >= 0.6 is 11.6 Å². The molecule has 174 valence electrons. The fourth-order valence-electron chi connectivity index (χ4n) is 5.14. The molecule has 3 aromatic carbocycles. The van der Waals surface area contributed by atoms with E-state index < -0.39 is 17.8 Å². The number of Topliss-reactive ketones (excluding diaryl/α,β-unsaturated/α-hetero) is 1. The molecule has 2 N–H and O–H groups in total. The van der Waals surface area contributed by atoms with Crippen LogP contribution in [0.5, 0.6) is 0 Å². The maximum atomic E-state index is 13.9. The summed E-state index contributed by atoms with van der Waals surface area (Å²) in [5.41, 5.74) is 10.6. The highest BCUT2D eigenvalue weighted by atomic mass is 35.5. The number of hydrogen-bond donors (Lipinski definition) is 1. The third-order valence-electron chi connectivity index (χ3n) is 6.89. The summed E-state index contributed by atoms with van der Waals surface area (Å²) in [7, 11) is 0. The van der Waals surface area contributed by atoms with Crippen LogP contribution in [0.4, 0.5) is 9.18 Å². The van der Waals surface area contributed by atoms with Crippen molar-refractivity contribution in [3.05, 3.63) is 94.3 Å². The van der Waals surface area contributed by atoms with Gasteiger partial charge in [0.15, 0.2) is 5.78 Å². The molecule has 2 unspecified atom stereocenters. The van der Waals surface area contributed by atoms with Crippen molar-refractivity contribution in [1.82, 2.24) is 4.90 Å². The van der Waals surface area contributed by atoms with Gasteiger partial charge in [0.05, 0.1) is 5.02 Å². The van der Waals surface area contributed by atoms with E-state index >= 15 is 0 Å². The molecule has 0 saturated carbocycles. The summed E-state index contributed by atoms with van der Waals surface area (Å²) in [4.78, 5) is 27.6. The number of carbonyl (C=O) groups is 2. The molecule has 5 nitrogen and oxygen atoms in total. The molecule has 1 heterocycles. The third kappa shape index (κ3) is 3.87. The molecule has 34 heavy (non-hydrogen) atoms. The summed E-state index contributed by atoms with van der Waals surface area (Å²) in [6, 6.07) is 20.4. The molecular weight excluding hydrogens is 455 g/mol. The highest BCUT2D eigenvalue weighted by molar-refractivity contribution is 6.34. The molecule has 5 rings (SSSR count). The van der Waals surface area contributed by atoms with Gasteiger partial charge in [0, 0.05) is 36.4 Å². The van der Waals surface area contributed by atoms with Crippen molar-refractivity contribution >= 4 is 23.5 Å². The Balaban J connectivity index is 1.30. The second kappa shape index (κ2) is 9.20. The van der Waals surface area contributed by atoms with Gasteiger partial charge in [-0.15, -0.1) is 0 Å². The van der Waals surface area contributed by atoms with Gasteiger partial charge in [0.2, 0.25) is 0 Å². The predicted molar refractivity (Wildman–Crippen MR) is 128 cm³/mol. The van der Waals surface area contributed by atoms with E-state index in [2.05, 4.69) is 24.3 Å². The summed E-state index contributed by atoms with van der Waals surface area (Å²) in [6.07, 6.45) is -0.485. The van der Waals surface area contributed by atoms with Crippen LogP contribution in [-0.2, 0) is 4.74 Å². The van der Waals surface area contributed by atoms with Crippen molar-refractivity contribution in [3.63, 3.8) is 0 Å². The van der Waals surface area contributed by atoms with Gasteiger partial charge in [-0.05, 0) is 40.9 Å². The van der Waals surface area contributed by atoms with E-state index in [1.165, 1.54) is 23.1 Å². The van der Waals surface area contributed by atoms with E-state index in [1.807, 2.05) is 24.3 Å². The first kappa shape index (κ1) is 22.6. The third-order valence-corrected chi connectivity index (χ3v) is 7.28. The zero-order valence-corrected chi connectivity index (χ0v) is 19.2. The predicted octanol–water partition coefficient (Wildman–Crippen LogP) is 5.12. The number of nitrogens with zero attached hydrogens (tertiary/aromatic N) is 1. The molecule has 1 saturated heterocycles. The average Bonchev–Trinajstić information content (AvgIpc) is 3.44. The van der Waals surface area contributed by atoms with Crippen molar-refractivity contribution in [1.29, 1.82) is 0 Å². The number of likely N-dealkylation sites (tertiary alicyclic amines) is 1. The van der Waals surface area contributed by atoms with E-state index in [1.54, 1.807) is 0 Å². The molecule has 2 aliphatic rings. The Morgan fingerprint density at radius 3 is 2.26 bits per heavy atom. The quantitative estimate of drug-likeness (QED) is 0.517. The minimum absolute atomic E-state index is 0.0483. The van der Waals surface area contributed by atoms with Gasteiger partial charge in [0.1, 0.15) is 12.4 Å². The number of carbonyl (C=O) groups excluding carboxylic acids is 2. The number of ether oxygens (including phenoxy) is 1. The lowest BCUT2D eigenvalue weighted by Gasteiger charge is -2.19. The smallest absolute Gasteiger partial charge is 0.409 e. The molecule has 0 spiro atoms. The normalized spacial score (nSPS) is 19.1. The lowest BCUT2D eigenvalue weighted by molar-refractivity contribution is 0.0891. The minimum Gasteiger partial charge on any atom is -0.448 e. The summed E-state index contributed by atoms with van der Waals surface area (Å²) < 4.78 is 19.6. The Kier molecular flexibility index (Phi) is 6.11. The van der Waals surface area contributed by atoms with Crippen LogP contribution in [0.1, 0.15) is 27.4 Å². The number of nitrogens with two attached hydrogens (primary N) is 1. The van der Waals surface area contributed by atoms with Gasteiger partial charge in [-0.2, -0.15) is 0 Å². The van der Waals surface area contributed by atoms with Crippen molar-refractivity contribution in [2.45, 2.75) is 5.92 Å². The SMILES string of the molecule is NCC1CN(C(=O)OCC2c3ccccc3-c3ccccc32)CC1C(=O)c1cccc(F)c1Cl. The second-order valence-electron chi connectivity index (χ2n) is 8.78. The second-order valence-corrected chi connectivity index (χ2v) is 9.15. The van der Waals surface area contributed by atoms with Crippen LogP contribution in [0.2, 0.25) is 5.02 Å². The number of hydrogen-bond acceptors (Lipinski definition) is 4. The molecule has 0 radical (unpaired) electrons. The molecule has 1 fully saturated rings. The van der Waals surface area contributed by atoms with Crippen LogP contribution in [0.3, 0.4) is 0 Å². The lowest BCUT2D eigenvalue weighted by atomic mass is 9.88. The first-order valence-electron chi connectivity index (χ1n) is 11.3. The van der Waals surface area contributed by atoms with Gasteiger partial charge in [-0.3, -0.25) is 4.79 Å². The van der Waals surface area contributed by atoms with Crippen molar-refractivity contribution < 1.29 is 18.7 Å². The van der Waals surface area contributed by atoms with E-state index in [0.717, 1.165) is 22.3 Å². The Bertz CT molecular complexity index is 1220. The highest BCUT2D eigenvalue weighted by Crippen LogP contribution is 2.44.